The number of fused-ring (bicyclic) bond motifs is 1. The van der Waals surface area contributed by atoms with Gasteiger partial charge in [0.05, 0.1) is 12.1 Å². The van der Waals surface area contributed by atoms with Gasteiger partial charge in [0.1, 0.15) is 11.5 Å². The van der Waals surface area contributed by atoms with Crippen molar-refractivity contribution in [1.82, 2.24) is 0 Å². The van der Waals surface area contributed by atoms with Gasteiger partial charge in [0, 0.05) is 23.1 Å². The maximum absolute atomic E-state index is 11.9. The zero-order valence-electron chi connectivity index (χ0n) is 18.5. The average molecular weight is 417 g/mol. The van der Waals surface area contributed by atoms with Gasteiger partial charge < -0.3 is 9.15 Å². The lowest BCUT2D eigenvalue weighted by atomic mass is 9.69. The van der Waals surface area contributed by atoms with E-state index in [-0.39, 0.29) is 17.3 Å². The highest BCUT2D eigenvalue weighted by molar-refractivity contribution is 6.23. The van der Waals surface area contributed by atoms with E-state index in [0.717, 1.165) is 47.5 Å². The first kappa shape index (κ1) is 23.3. The Hall–Kier alpha value is -2.00. The summed E-state index contributed by atoms with van der Waals surface area (Å²) in [6.45, 7) is 12.2. The number of allylic oxidation sites excluding steroid dienone is 6. The third-order valence-electron chi connectivity index (χ3n) is 5.35. The van der Waals surface area contributed by atoms with E-state index in [1.165, 1.54) is 17.9 Å². The number of carbonyl (C=O) groups excluding carboxylic acids is 1. The zero-order chi connectivity index (χ0) is 21.6. The Kier molecular flexibility index (Phi) is 8.15. The number of esters is 1. The van der Waals surface area contributed by atoms with E-state index in [4.69, 9.17) is 20.8 Å². The molecule has 0 bridgehead atoms. The molecule has 3 nitrogen and oxygen atoms in total. The minimum atomic E-state index is -0.357. The number of rotatable bonds is 7. The second kappa shape index (κ2) is 10.2. The van der Waals surface area contributed by atoms with Crippen LogP contribution in [0.15, 0.2) is 52.2 Å². The molecule has 1 heterocycles. The summed E-state index contributed by atoms with van der Waals surface area (Å²) in [4.78, 5) is 11.9. The molecule has 2 rings (SSSR count). The Bertz CT molecular complexity index is 845. The molecule has 0 radical (unpaired) electrons. The van der Waals surface area contributed by atoms with Crippen LogP contribution >= 0.6 is 11.6 Å². The minimum absolute atomic E-state index is 0.0513. The summed E-state index contributed by atoms with van der Waals surface area (Å²) in [6.07, 6.45) is 12.4. The van der Waals surface area contributed by atoms with Crippen LogP contribution < -0.4 is 0 Å². The molecular weight excluding hydrogens is 384 g/mol. The van der Waals surface area contributed by atoms with Crippen molar-refractivity contribution in [2.45, 2.75) is 66.7 Å². The third-order valence-corrected chi connectivity index (χ3v) is 5.64. The van der Waals surface area contributed by atoms with E-state index in [9.17, 15) is 4.79 Å². The van der Waals surface area contributed by atoms with E-state index in [2.05, 4.69) is 39.0 Å². The Labute approximate surface area is 180 Å². The lowest BCUT2D eigenvalue weighted by Gasteiger charge is -2.34. The third kappa shape index (κ3) is 6.24. The Balaban J connectivity index is 2.42. The first-order valence-corrected chi connectivity index (χ1v) is 10.7. The van der Waals surface area contributed by atoms with Gasteiger partial charge in [0.15, 0.2) is 0 Å². The molecule has 1 aliphatic carbocycles. The fourth-order valence-corrected chi connectivity index (χ4v) is 4.05. The molecule has 0 saturated carbocycles. The lowest BCUT2D eigenvalue weighted by molar-refractivity contribution is -0.132. The van der Waals surface area contributed by atoms with Crippen molar-refractivity contribution in [3.05, 3.63) is 64.9 Å². The highest BCUT2D eigenvalue weighted by Gasteiger charge is 2.38. The van der Waals surface area contributed by atoms with Crippen molar-refractivity contribution in [3.63, 3.8) is 0 Å². The molecular formula is C25H33ClO3. The number of hydrogen-bond acceptors (Lipinski definition) is 3. The van der Waals surface area contributed by atoms with Crippen molar-refractivity contribution in [2.75, 3.05) is 5.88 Å². The summed E-state index contributed by atoms with van der Waals surface area (Å²) in [6, 6.07) is 2.09. The predicted octanol–water partition coefficient (Wildman–Crippen LogP) is 7.47. The predicted molar refractivity (Wildman–Crippen MR) is 121 cm³/mol. The Morgan fingerprint density at radius 2 is 2.03 bits per heavy atom. The van der Waals surface area contributed by atoms with Gasteiger partial charge >= 0.3 is 5.97 Å². The first-order valence-electron chi connectivity index (χ1n) is 10.2. The zero-order valence-corrected chi connectivity index (χ0v) is 19.2. The number of aryl methyl sites for hydroxylation is 1. The molecule has 0 fully saturated rings. The van der Waals surface area contributed by atoms with Crippen molar-refractivity contribution < 1.29 is 13.9 Å². The van der Waals surface area contributed by atoms with Gasteiger partial charge in [-0.25, -0.2) is 4.79 Å². The van der Waals surface area contributed by atoms with Crippen LogP contribution in [0.5, 0.6) is 0 Å². The molecule has 0 unspecified atom stereocenters. The summed E-state index contributed by atoms with van der Waals surface area (Å²) < 4.78 is 11.3. The second-order valence-corrected chi connectivity index (χ2v) is 8.91. The van der Waals surface area contributed by atoms with Crippen LogP contribution in [0.25, 0.3) is 5.57 Å². The van der Waals surface area contributed by atoms with E-state index in [0.29, 0.717) is 5.88 Å². The normalized spacial score (nSPS) is 21.2. The van der Waals surface area contributed by atoms with Crippen LogP contribution in [0.2, 0.25) is 0 Å². The van der Waals surface area contributed by atoms with Crippen molar-refractivity contribution in [1.29, 1.82) is 0 Å². The minimum Gasteiger partial charge on any atom is -0.461 e. The topological polar surface area (TPSA) is 39.4 Å². The van der Waals surface area contributed by atoms with Crippen LogP contribution in [0.1, 0.15) is 76.9 Å². The monoisotopic (exact) mass is 416 g/mol. The summed E-state index contributed by atoms with van der Waals surface area (Å²) in [5, 5.41) is 0. The number of ether oxygens (including phenoxy) is 1. The number of hydrogen-bond donors (Lipinski definition) is 0. The SMILES string of the molecule is CC(C)=CCC[C@@]1(C)CC=C(CCl)c2oc(C)cc2[C@@H]1/C=C/OC(=O)C=C(C)C. The summed E-state index contributed by atoms with van der Waals surface area (Å²) in [5.74, 6) is 1.82. The summed E-state index contributed by atoms with van der Waals surface area (Å²) in [5.41, 5.74) is 4.32. The molecule has 0 N–H and O–H groups in total. The Morgan fingerprint density at radius 1 is 1.31 bits per heavy atom. The van der Waals surface area contributed by atoms with E-state index in [1.807, 2.05) is 26.8 Å². The average Bonchev–Trinajstić information content (AvgIpc) is 2.95. The van der Waals surface area contributed by atoms with Crippen LogP contribution in [0.3, 0.4) is 0 Å². The van der Waals surface area contributed by atoms with E-state index < -0.39 is 0 Å². The molecule has 0 spiro atoms. The van der Waals surface area contributed by atoms with Crippen molar-refractivity contribution in [2.24, 2.45) is 5.41 Å². The molecule has 158 valence electrons. The lowest BCUT2D eigenvalue weighted by Crippen LogP contribution is -2.23. The van der Waals surface area contributed by atoms with Gasteiger partial charge in [0.25, 0.3) is 0 Å². The van der Waals surface area contributed by atoms with Crippen molar-refractivity contribution >= 4 is 23.1 Å². The molecule has 2 atom stereocenters. The molecule has 1 aliphatic rings. The number of halogens is 1. The summed E-state index contributed by atoms with van der Waals surface area (Å²) in [7, 11) is 0. The quantitative estimate of drug-likeness (QED) is 0.152. The van der Waals surface area contributed by atoms with Crippen LogP contribution in [0, 0.1) is 12.3 Å². The first-order chi connectivity index (χ1) is 13.7. The van der Waals surface area contributed by atoms with Gasteiger partial charge in [-0.05, 0) is 71.4 Å². The molecule has 4 heteroatoms. The smallest absolute Gasteiger partial charge is 0.335 e. The fourth-order valence-electron chi connectivity index (χ4n) is 3.82. The van der Waals surface area contributed by atoms with Crippen molar-refractivity contribution in [3.8, 4) is 0 Å². The number of carbonyl (C=O) groups is 1. The molecule has 0 saturated heterocycles. The number of furan rings is 1. The highest BCUT2D eigenvalue weighted by atomic mass is 35.5. The standard InChI is InChI=1S/C25H33ClO3/c1-17(2)8-7-11-25(6)12-9-20(16-26)24-21(15-19(5)29-24)22(25)10-13-28-23(27)14-18(3)4/h8-10,13-15,22H,7,11-12,16H2,1-6H3/b13-10+/t22-,25-/m0/s1. The molecule has 0 amide bonds. The van der Waals surface area contributed by atoms with Crippen LogP contribution in [-0.2, 0) is 9.53 Å². The second-order valence-electron chi connectivity index (χ2n) is 8.65. The highest BCUT2D eigenvalue weighted by Crippen LogP contribution is 2.49. The molecule has 29 heavy (non-hydrogen) atoms. The van der Waals surface area contributed by atoms with Gasteiger partial charge in [0.2, 0.25) is 0 Å². The molecule has 1 aromatic heterocycles. The van der Waals surface area contributed by atoms with E-state index >= 15 is 0 Å². The van der Waals surface area contributed by atoms with Crippen LogP contribution in [0.4, 0.5) is 0 Å². The maximum atomic E-state index is 11.9. The molecule has 0 aliphatic heterocycles. The molecule has 1 aromatic rings. The van der Waals surface area contributed by atoms with Gasteiger partial charge in [-0.15, -0.1) is 11.6 Å². The summed E-state index contributed by atoms with van der Waals surface area (Å²) >= 11 is 6.24. The number of alkyl halides is 1. The molecule has 0 aromatic carbocycles. The fraction of sp³-hybridized carbons (Fsp3) is 0.480. The van der Waals surface area contributed by atoms with Gasteiger partial charge in [-0.2, -0.15) is 0 Å². The maximum Gasteiger partial charge on any atom is 0.335 e. The Morgan fingerprint density at radius 3 is 2.66 bits per heavy atom. The van der Waals surface area contributed by atoms with Gasteiger partial charge in [-0.1, -0.05) is 30.2 Å². The van der Waals surface area contributed by atoms with Crippen LogP contribution in [-0.4, -0.2) is 11.8 Å². The largest absolute Gasteiger partial charge is 0.461 e. The van der Waals surface area contributed by atoms with E-state index in [1.54, 1.807) is 0 Å². The van der Waals surface area contributed by atoms with Gasteiger partial charge in [-0.3, -0.25) is 0 Å².